The van der Waals surface area contributed by atoms with E-state index in [1.807, 2.05) is 30.3 Å². The average molecular weight is 341 g/mol. The molecule has 4 rings (SSSR count). The van der Waals surface area contributed by atoms with E-state index < -0.39 is 5.79 Å². The third-order valence-electron chi connectivity index (χ3n) is 4.77. The molecule has 7 nitrogen and oxygen atoms in total. The van der Waals surface area contributed by atoms with Crippen molar-refractivity contribution in [1.82, 2.24) is 4.98 Å². The van der Waals surface area contributed by atoms with Crippen LogP contribution in [0.1, 0.15) is 12.8 Å². The minimum Gasteiger partial charge on any atom is -0.356 e. The molecule has 0 amide bonds. The van der Waals surface area contributed by atoms with Gasteiger partial charge in [-0.05, 0) is 6.07 Å². The summed E-state index contributed by atoms with van der Waals surface area (Å²) in [5, 5.41) is 11.4. The van der Waals surface area contributed by atoms with Gasteiger partial charge in [-0.25, -0.2) is 4.98 Å². The zero-order chi connectivity index (χ0) is 17.3. The summed E-state index contributed by atoms with van der Waals surface area (Å²) in [6, 6.07) is 12.5. The first-order valence-electron chi connectivity index (χ1n) is 8.41. The molecule has 1 aromatic carbocycles. The number of hydrogen-bond acceptors (Lipinski definition) is 6. The number of hydrogen-bond donors (Lipinski definition) is 0. The highest BCUT2D eigenvalue weighted by atomic mass is 16.7. The van der Waals surface area contributed by atoms with Gasteiger partial charge in [-0.3, -0.25) is 10.1 Å². The zero-order valence-corrected chi connectivity index (χ0v) is 13.8. The maximum absolute atomic E-state index is 11.4. The Morgan fingerprint density at radius 2 is 1.72 bits per heavy atom. The number of ether oxygens (including phenoxy) is 2. The minimum atomic E-state index is -0.445. The number of nitro groups is 1. The van der Waals surface area contributed by atoms with Crippen molar-refractivity contribution < 1.29 is 14.4 Å². The third-order valence-corrected chi connectivity index (χ3v) is 4.77. The summed E-state index contributed by atoms with van der Waals surface area (Å²) in [6.45, 7) is 2.79. The van der Waals surface area contributed by atoms with Gasteiger partial charge in [0.25, 0.3) is 5.69 Å². The molecule has 0 saturated carbocycles. The molecule has 2 saturated heterocycles. The summed E-state index contributed by atoms with van der Waals surface area (Å²) in [7, 11) is 0. The minimum absolute atomic E-state index is 0.0193. The van der Waals surface area contributed by atoms with E-state index in [-0.39, 0.29) is 10.6 Å². The van der Waals surface area contributed by atoms with E-state index in [0.29, 0.717) is 18.9 Å². The number of anilines is 1. The summed E-state index contributed by atoms with van der Waals surface area (Å²) < 4.78 is 11.5. The molecule has 7 heteroatoms. The molecular formula is C18H19N3O4. The lowest BCUT2D eigenvalue weighted by Gasteiger charge is -2.38. The van der Waals surface area contributed by atoms with Crippen molar-refractivity contribution in [3.8, 4) is 11.3 Å². The van der Waals surface area contributed by atoms with Gasteiger partial charge in [-0.1, -0.05) is 30.3 Å². The molecule has 2 aliphatic heterocycles. The predicted molar refractivity (Wildman–Crippen MR) is 92.4 cm³/mol. The van der Waals surface area contributed by atoms with Crippen molar-refractivity contribution in [2.75, 3.05) is 31.2 Å². The molecule has 25 heavy (non-hydrogen) atoms. The molecule has 0 N–H and O–H groups in total. The van der Waals surface area contributed by atoms with Gasteiger partial charge in [0.1, 0.15) is 5.82 Å². The third kappa shape index (κ3) is 3.08. The van der Waals surface area contributed by atoms with Crippen LogP contribution >= 0.6 is 0 Å². The second kappa shape index (κ2) is 6.42. The van der Waals surface area contributed by atoms with E-state index >= 15 is 0 Å². The smallest absolute Gasteiger partial charge is 0.295 e. The van der Waals surface area contributed by atoms with Crippen molar-refractivity contribution in [3.63, 3.8) is 0 Å². The van der Waals surface area contributed by atoms with Gasteiger partial charge in [0.05, 0.1) is 18.1 Å². The first-order valence-corrected chi connectivity index (χ1v) is 8.41. The molecule has 2 fully saturated rings. The molecule has 0 unspecified atom stereocenters. The van der Waals surface area contributed by atoms with Gasteiger partial charge in [-0.2, -0.15) is 0 Å². The number of rotatable bonds is 3. The Balaban J connectivity index is 1.62. The standard InChI is InChI=1S/C18H19N3O4/c22-21(23)15-6-7-16(19-17(15)14-4-2-1-3-5-14)20-10-8-18(9-11-20)24-12-13-25-18/h1-7H,8-13H2. The summed E-state index contributed by atoms with van der Waals surface area (Å²) in [6.07, 6.45) is 1.54. The lowest BCUT2D eigenvalue weighted by molar-refractivity contribution is -0.384. The van der Waals surface area contributed by atoms with Gasteiger partial charge in [0.15, 0.2) is 11.5 Å². The van der Waals surface area contributed by atoms with Gasteiger partial charge >= 0.3 is 0 Å². The van der Waals surface area contributed by atoms with Crippen molar-refractivity contribution in [2.45, 2.75) is 18.6 Å². The van der Waals surface area contributed by atoms with E-state index in [1.165, 1.54) is 6.07 Å². The molecule has 0 bridgehead atoms. The van der Waals surface area contributed by atoms with Crippen LogP contribution in [0, 0.1) is 10.1 Å². The van der Waals surface area contributed by atoms with E-state index in [0.717, 1.165) is 37.3 Å². The highest BCUT2D eigenvalue weighted by molar-refractivity contribution is 5.71. The maximum Gasteiger partial charge on any atom is 0.295 e. The van der Waals surface area contributed by atoms with Crippen molar-refractivity contribution >= 4 is 11.5 Å². The normalized spacial score (nSPS) is 19.3. The molecule has 2 aliphatic rings. The van der Waals surface area contributed by atoms with Crippen LogP contribution in [0.25, 0.3) is 11.3 Å². The average Bonchev–Trinajstić information content (AvgIpc) is 3.10. The Kier molecular flexibility index (Phi) is 4.10. The number of nitrogens with zero attached hydrogens (tertiary/aromatic N) is 3. The lowest BCUT2D eigenvalue weighted by atomic mass is 10.0. The molecule has 1 spiro atoms. The Bertz CT molecular complexity index is 765. The summed E-state index contributed by atoms with van der Waals surface area (Å²) >= 11 is 0. The van der Waals surface area contributed by atoms with Crippen LogP contribution in [0.2, 0.25) is 0 Å². The fourth-order valence-corrected chi connectivity index (χ4v) is 3.44. The Morgan fingerprint density at radius 3 is 2.36 bits per heavy atom. The molecule has 0 radical (unpaired) electrons. The van der Waals surface area contributed by atoms with Crippen LogP contribution in [0.3, 0.4) is 0 Å². The fraction of sp³-hybridized carbons (Fsp3) is 0.389. The van der Waals surface area contributed by atoms with E-state index in [9.17, 15) is 10.1 Å². The van der Waals surface area contributed by atoms with E-state index in [2.05, 4.69) is 9.88 Å². The zero-order valence-electron chi connectivity index (χ0n) is 13.8. The number of piperidine rings is 1. The van der Waals surface area contributed by atoms with Gasteiger partial charge in [0.2, 0.25) is 0 Å². The largest absolute Gasteiger partial charge is 0.356 e. The van der Waals surface area contributed by atoms with Crippen LogP contribution in [0.4, 0.5) is 11.5 Å². The van der Waals surface area contributed by atoms with Gasteiger partial charge < -0.3 is 14.4 Å². The Hall–Kier alpha value is -2.51. The van der Waals surface area contributed by atoms with Crippen LogP contribution in [0.15, 0.2) is 42.5 Å². The maximum atomic E-state index is 11.4. The molecule has 3 heterocycles. The molecule has 0 atom stereocenters. The van der Waals surface area contributed by atoms with Crippen molar-refractivity contribution in [3.05, 3.63) is 52.6 Å². The van der Waals surface area contributed by atoms with Crippen LogP contribution < -0.4 is 4.90 Å². The number of aromatic nitrogens is 1. The van der Waals surface area contributed by atoms with E-state index in [4.69, 9.17) is 9.47 Å². The SMILES string of the molecule is O=[N+]([O-])c1ccc(N2CCC3(CC2)OCCO3)nc1-c1ccccc1. The molecule has 130 valence electrons. The fourth-order valence-electron chi connectivity index (χ4n) is 3.44. The Morgan fingerprint density at radius 1 is 1.04 bits per heavy atom. The number of pyridine rings is 1. The highest BCUT2D eigenvalue weighted by Gasteiger charge is 2.40. The van der Waals surface area contributed by atoms with Crippen LogP contribution in [-0.4, -0.2) is 42.0 Å². The summed E-state index contributed by atoms with van der Waals surface area (Å²) in [5.74, 6) is 0.303. The first-order chi connectivity index (χ1) is 12.2. The van der Waals surface area contributed by atoms with Crippen molar-refractivity contribution in [2.24, 2.45) is 0 Å². The highest BCUT2D eigenvalue weighted by Crippen LogP contribution is 2.35. The molecule has 1 aromatic heterocycles. The van der Waals surface area contributed by atoms with Gasteiger partial charge in [-0.15, -0.1) is 0 Å². The molecule has 2 aromatic rings. The van der Waals surface area contributed by atoms with E-state index in [1.54, 1.807) is 6.07 Å². The molecular weight excluding hydrogens is 322 g/mol. The van der Waals surface area contributed by atoms with Crippen LogP contribution in [-0.2, 0) is 9.47 Å². The topological polar surface area (TPSA) is 77.7 Å². The molecule has 0 aliphatic carbocycles. The summed E-state index contributed by atoms with van der Waals surface area (Å²) in [5.41, 5.74) is 1.16. The van der Waals surface area contributed by atoms with Gasteiger partial charge in [0, 0.05) is 37.6 Å². The Labute approximate surface area is 145 Å². The monoisotopic (exact) mass is 341 g/mol. The van der Waals surface area contributed by atoms with Crippen LogP contribution in [0.5, 0.6) is 0 Å². The second-order valence-corrected chi connectivity index (χ2v) is 6.25. The first kappa shape index (κ1) is 16.0. The second-order valence-electron chi connectivity index (χ2n) is 6.25. The quantitative estimate of drug-likeness (QED) is 0.631. The van der Waals surface area contributed by atoms with Crippen molar-refractivity contribution in [1.29, 1.82) is 0 Å². The predicted octanol–water partition coefficient (Wildman–Crippen LogP) is 3.00. The lowest BCUT2D eigenvalue weighted by Crippen LogP contribution is -2.45. The number of benzene rings is 1. The summed E-state index contributed by atoms with van der Waals surface area (Å²) in [4.78, 5) is 17.7.